The number of amides is 1. The molecule has 1 aliphatic carbocycles. The first-order valence-electron chi connectivity index (χ1n) is 7.11. The lowest BCUT2D eigenvalue weighted by Crippen LogP contribution is -2.44. The van der Waals surface area contributed by atoms with E-state index >= 15 is 0 Å². The maximum Gasteiger partial charge on any atom is 0.407 e. The van der Waals surface area contributed by atoms with Crippen molar-refractivity contribution in [3.8, 4) is 0 Å². The lowest BCUT2D eigenvalue weighted by molar-refractivity contribution is 0.0521. The molecule has 2 rings (SSSR count). The lowest BCUT2D eigenvalue weighted by Gasteiger charge is -2.23. The van der Waals surface area contributed by atoms with Gasteiger partial charge in [-0.2, -0.15) is 0 Å². The molecule has 7 heteroatoms. The van der Waals surface area contributed by atoms with E-state index in [4.69, 9.17) is 4.74 Å². The standard InChI is InChI=1S/C13H24N2O4S/c1-13(2,3)19-12(16)15-11-7-10(11)14-9-5-4-6-20(17,18)8-9/h9-11,14H,4-8H2,1-3H3,(H,15,16). The van der Waals surface area contributed by atoms with Gasteiger partial charge >= 0.3 is 6.09 Å². The first kappa shape index (κ1) is 15.6. The molecule has 3 unspecified atom stereocenters. The predicted octanol–water partition coefficient (Wildman–Crippen LogP) is 0.819. The summed E-state index contributed by atoms with van der Waals surface area (Å²) in [4.78, 5) is 11.6. The quantitative estimate of drug-likeness (QED) is 0.806. The van der Waals surface area contributed by atoms with Crippen molar-refractivity contribution in [3.05, 3.63) is 0 Å². The smallest absolute Gasteiger partial charge is 0.407 e. The number of alkyl carbamates (subject to hydrolysis) is 1. The van der Waals surface area contributed by atoms with Gasteiger partial charge in [-0.3, -0.25) is 0 Å². The van der Waals surface area contributed by atoms with Gasteiger partial charge in [0.05, 0.1) is 11.5 Å². The van der Waals surface area contributed by atoms with E-state index in [1.54, 1.807) is 0 Å². The van der Waals surface area contributed by atoms with Crippen molar-refractivity contribution in [1.29, 1.82) is 0 Å². The van der Waals surface area contributed by atoms with Crippen LogP contribution in [0.15, 0.2) is 0 Å². The van der Waals surface area contributed by atoms with E-state index in [9.17, 15) is 13.2 Å². The van der Waals surface area contributed by atoms with Crippen LogP contribution < -0.4 is 10.6 Å². The maximum atomic E-state index is 11.6. The van der Waals surface area contributed by atoms with Crippen LogP contribution in [0.25, 0.3) is 0 Å². The molecule has 20 heavy (non-hydrogen) atoms. The molecule has 0 bridgehead atoms. The molecule has 2 N–H and O–H groups in total. The molecule has 116 valence electrons. The van der Waals surface area contributed by atoms with Gasteiger partial charge in [-0.1, -0.05) is 0 Å². The third kappa shape index (κ3) is 4.94. The average molecular weight is 304 g/mol. The summed E-state index contributed by atoms with van der Waals surface area (Å²) in [5.41, 5.74) is -0.501. The van der Waals surface area contributed by atoms with Gasteiger partial charge in [-0.05, 0) is 40.0 Å². The molecule has 2 aliphatic rings. The number of nitrogens with one attached hydrogen (secondary N) is 2. The minimum absolute atomic E-state index is 0.0178. The number of hydrogen-bond acceptors (Lipinski definition) is 5. The van der Waals surface area contributed by atoms with E-state index in [1.165, 1.54) is 0 Å². The minimum Gasteiger partial charge on any atom is -0.444 e. The Bertz CT molecular complexity index is 469. The molecular weight excluding hydrogens is 280 g/mol. The number of hydrogen-bond donors (Lipinski definition) is 2. The summed E-state index contributed by atoms with van der Waals surface area (Å²) in [7, 11) is -2.89. The molecule has 1 aliphatic heterocycles. The molecule has 0 aromatic carbocycles. The summed E-state index contributed by atoms with van der Waals surface area (Å²) in [5, 5.41) is 6.11. The van der Waals surface area contributed by atoms with Crippen molar-refractivity contribution in [1.82, 2.24) is 10.6 Å². The second-order valence-electron chi connectivity index (χ2n) is 6.72. The third-order valence-electron chi connectivity index (χ3n) is 3.41. The molecular formula is C13H24N2O4S. The highest BCUT2D eigenvalue weighted by molar-refractivity contribution is 7.91. The van der Waals surface area contributed by atoms with E-state index in [0.29, 0.717) is 5.75 Å². The maximum absolute atomic E-state index is 11.6. The summed E-state index contributed by atoms with van der Waals surface area (Å²) in [6.07, 6.45) is 2.02. The molecule has 1 saturated heterocycles. The summed E-state index contributed by atoms with van der Waals surface area (Å²) in [6.45, 7) is 5.46. The van der Waals surface area contributed by atoms with Gasteiger partial charge in [-0.25, -0.2) is 13.2 Å². The van der Waals surface area contributed by atoms with Crippen LogP contribution in [0.5, 0.6) is 0 Å². The van der Waals surface area contributed by atoms with Crippen molar-refractivity contribution < 1.29 is 17.9 Å². The van der Waals surface area contributed by atoms with Crippen LogP contribution in [-0.4, -0.2) is 49.7 Å². The molecule has 1 heterocycles. The van der Waals surface area contributed by atoms with E-state index < -0.39 is 21.5 Å². The van der Waals surface area contributed by atoms with E-state index in [1.807, 2.05) is 20.8 Å². The zero-order chi connectivity index (χ0) is 15.0. The summed E-state index contributed by atoms with van der Waals surface area (Å²) in [6, 6.07) is 0.236. The minimum atomic E-state index is -2.89. The van der Waals surface area contributed by atoms with Crippen LogP contribution >= 0.6 is 0 Å². The Labute approximate surface area is 120 Å². The first-order valence-corrected chi connectivity index (χ1v) is 8.93. The number of sulfone groups is 1. The monoisotopic (exact) mass is 304 g/mol. The molecule has 6 nitrogen and oxygen atoms in total. The van der Waals surface area contributed by atoms with Crippen LogP contribution in [0, 0.1) is 0 Å². The van der Waals surface area contributed by atoms with E-state index in [-0.39, 0.29) is 23.9 Å². The summed E-state index contributed by atoms with van der Waals surface area (Å²) in [5.74, 6) is 0.512. The van der Waals surface area contributed by atoms with Gasteiger partial charge < -0.3 is 15.4 Å². The van der Waals surface area contributed by atoms with Gasteiger partial charge in [0.2, 0.25) is 0 Å². The summed E-state index contributed by atoms with van der Waals surface area (Å²) >= 11 is 0. The van der Waals surface area contributed by atoms with Crippen LogP contribution in [0.2, 0.25) is 0 Å². The second kappa shape index (κ2) is 5.52. The highest BCUT2D eigenvalue weighted by Gasteiger charge is 2.41. The normalized spacial score (nSPS) is 32.5. The average Bonchev–Trinajstić information content (AvgIpc) is 2.90. The predicted molar refractivity (Wildman–Crippen MR) is 76.4 cm³/mol. The fourth-order valence-corrected chi connectivity index (χ4v) is 4.10. The molecule has 3 atom stereocenters. The molecule has 0 radical (unpaired) electrons. The highest BCUT2D eigenvalue weighted by Crippen LogP contribution is 2.24. The van der Waals surface area contributed by atoms with Gasteiger partial charge in [0.15, 0.2) is 9.84 Å². The Morgan fingerprint density at radius 1 is 1.25 bits per heavy atom. The zero-order valence-corrected chi connectivity index (χ0v) is 13.1. The second-order valence-corrected chi connectivity index (χ2v) is 8.94. The van der Waals surface area contributed by atoms with Crippen molar-refractivity contribution in [2.24, 2.45) is 0 Å². The number of ether oxygens (including phenoxy) is 1. The zero-order valence-electron chi connectivity index (χ0n) is 12.3. The van der Waals surface area contributed by atoms with Gasteiger partial charge in [0.25, 0.3) is 0 Å². The Morgan fingerprint density at radius 3 is 2.55 bits per heavy atom. The Morgan fingerprint density at radius 2 is 1.95 bits per heavy atom. The van der Waals surface area contributed by atoms with Crippen molar-refractivity contribution in [2.45, 2.75) is 63.8 Å². The van der Waals surface area contributed by atoms with Gasteiger partial charge in [-0.15, -0.1) is 0 Å². The Kier molecular flexibility index (Phi) is 4.30. The van der Waals surface area contributed by atoms with Crippen molar-refractivity contribution in [3.63, 3.8) is 0 Å². The first-order chi connectivity index (χ1) is 9.15. The van der Waals surface area contributed by atoms with Gasteiger partial charge in [0, 0.05) is 18.1 Å². The van der Waals surface area contributed by atoms with Crippen LogP contribution in [0.1, 0.15) is 40.0 Å². The Balaban J connectivity index is 1.72. The van der Waals surface area contributed by atoms with Crippen LogP contribution in [0.3, 0.4) is 0 Å². The lowest BCUT2D eigenvalue weighted by atomic mass is 10.2. The van der Waals surface area contributed by atoms with E-state index in [2.05, 4.69) is 10.6 Å². The molecule has 2 fully saturated rings. The fourth-order valence-electron chi connectivity index (χ4n) is 2.45. The molecule has 0 aromatic heterocycles. The molecule has 1 saturated carbocycles. The van der Waals surface area contributed by atoms with E-state index in [0.717, 1.165) is 19.3 Å². The van der Waals surface area contributed by atoms with Crippen LogP contribution in [0.4, 0.5) is 4.79 Å². The fraction of sp³-hybridized carbons (Fsp3) is 0.923. The third-order valence-corrected chi connectivity index (χ3v) is 5.23. The van der Waals surface area contributed by atoms with Crippen molar-refractivity contribution in [2.75, 3.05) is 11.5 Å². The van der Waals surface area contributed by atoms with Crippen LogP contribution in [-0.2, 0) is 14.6 Å². The molecule has 0 spiro atoms. The van der Waals surface area contributed by atoms with Gasteiger partial charge in [0.1, 0.15) is 5.60 Å². The SMILES string of the molecule is CC(C)(C)OC(=O)NC1CC1NC1CCCS(=O)(=O)C1. The highest BCUT2D eigenvalue weighted by atomic mass is 32.2. The Hall–Kier alpha value is -0.820. The molecule has 0 aromatic rings. The summed E-state index contributed by atoms with van der Waals surface area (Å²) < 4.78 is 28.3. The molecule has 1 amide bonds. The topological polar surface area (TPSA) is 84.5 Å². The number of carbonyl (C=O) groups excluding carboxylic acids is 1. The van der Waals surface area contributed by atoms with Crippen molar-refractivity contribution >= 4 is 15.9 Å². The number of carbonyl (C=O) groups is 1. The number of rotatable bonds is 3. The largest absolute Gasteiger partial charge is 0.444 e.